The first-order valence-corrected chi connectivity index (χ1v) is 7.16. The van der Waals surface area contributed by atoms with Gasteiger partial charge in [0.1, 0.15) is 0 Å². The smallest absolute Gasteiger partial charge is 0.243 e. The first-order valence-electron chi connectivity index (χ1n) is 6.28. The summed E-state index contributed by atoms with van der Waals surface area (Å²) in [4.78, 5) is 26.4. The molecule has 4 heteroatoms. The van der Waals surface area contributed by atoms with Gasteiger partial charge in [-0.2, -0.15) is 0 Å². The Kier molecular flexibility index (Phi) is 4.42. The van der Waals surface area contributed by atoms with E-state index in [1.54, 1.807) is 0 Å². The molecule has 1 atom stereocenters. The molecule has 1 unspecified atom stereocenters. The number of likely N-dealkylation sites (tertiary alicyclic amines) is 1. The fourth-order valence-corrected chi connectivity index (χ4v) is 3.06. The van der Waals surface area contributed by atoms with Crippen molar-refractivity contribution in [3.05, 3.63) is 30.3 Å². The number of imide groups is 1. The largest absolute Gasteiger partial charge is 0.282 e. The lowest BCUT2D eigenvalue weighted by molar-refractivity contribution is -0.138. The minimum atomic E-state index is -0.239. The number of amides is 2. The van der Waals surface area contributed by atoms with Gasteiger partial charge in [0, 0.05) is 17.9 Å². The predicted octanol–water partition coefficient (Wildman–Crippen LogP) is 2.71. The molecule has 1 aliphatic rings. The van der Waals surface area contributed by atoms with Crippen molar-refractivity contribution in [1.82, 2.24) is 4.90 Å². The molecule has 18 heavy (non-hydrogen) atoms. The van der Waals surface area contributed by atoms with Crippen LogP contribution in [0.3, 0.4) is 0 Å². The predicted molar refractivity (Wildman–Crippen MR) is 72.3 cm³/mol. The number of rotatable bonds is 5. The summed E-state index contributed by atoms with van der Waals surface area (Å²) in [6, 6.07) is 9.77. The highest BCUT2D eigenvalue weighted by Crippen LogP contribution is 2.31. The van der Waals surface area contributed by atoms with Crippen LogP contribution in [0.1, 0.15) is 26.2 Å². The number of unbranched alkanes of at least 4 members (excludes halogenated alkanes) is 1. The van der Waals surface area contributed by atoms with Crippen molar-refractivity contribution in [2.75, 3.05) is 6.54 Å². The summed E-state index contributed by atoms with van der Waals surface area (Å²) < 4.78 is 0. The topological polar surface area (TPSA) is 37.4 Å². The lowest BCUT2D eigenvalue weighted by atomic mass is 10.3. The number of thioether (sulfide) groups is 1. The summed E-state index contributed by atoms with van der Waals surface area (Å²) in [6.07, 6.45) is 2.22. The number of carbonyl (C=O) groups excluding carboxylic acids is 2. The van der Waals surface area contributed by atoms with Gasteiger partial charge in [-0.1, -0.05) is 31.5 Å². The number of benzene rings is 1. The zero-order valence-electron chi connectivity index (χ0n) is 10.5. The molecule has 0 aliphatic carbocycles. The van der Waals surface area contributed by atoms with E-state index in [1.807, 2.05) is 30.3 Å². The normalized spacial score (nSPS) is 19.6. The maximum atomic E-state index is 12.1. The number of carbonyl (C=O) groups is 2. The van der Waals surface area contributed by atoms with E-state index in [0.29, 0.717) is 13.0 Å². The van der Waals surface area contributed by atoms with Gasteiger partial charge in [0.15, 0.2) is 0 Å². The Morgan fingerprint density at radius 3 is 2.67 bits per heavy atom. The van der Waals surface area contributed by atoms with E-state index in [9.17, 15) is 9.59 Å². The second-order valence-electron chi connectivity index (χ2n) is 4.36. The average Bonchev–Trinajstić information content (AvgIpc) is 2.64. The first kappa shape index (κ1) is 13.1. The number of nitrogens with zero attached hydrogens (tertiary/aromatic N) is 1. The van der Waals surface area contributed by atoms with Gasteiger partial charge in [-0.3, -0.25) is 14.5 Å². The third-order valence-electron chi connectivity index (χ3n) is 2.96. The number of hydrogen-bond acceptors (Lipinski definition) is 3. The zero-order valence-corrected chi connectivity index (χ0v) is 11.3. The zero-order chi connectivity index (χ0) is 13.0. The Morgan fingerprint density at radius 1 is 1.28 bits per heavy atom. The summed E-state index contributed by atoms with van der Waals surface area (Å²) >= 11 is 1.49. The second-order valence-corrected chi connectivity index (χ2v) is 5.64. The molecule has 0 saturated carbocycles. The lowest BCUT2D eigenvalue weighted by Crippen LogP contribution is -2.32. The molecule has 0 radical (unpaired) electrons. The van der Waals surface area contributed by atoms with E-state index in [-0.39, 0.29) is 17.1 Å². The highest BCUT2D eigenvalue weighted by atomic mass is 32.2. The summed E-state index contributed by atoms with van der Waals surface area (Å²) in [6.45, 7) is 2.63. The van der Waals surface area contributed by atoms with Crippen LogP contribution in [-0.2, 0) is 9.59 Å². The maximum Gasteiger partial charge on any atom is 0.243 e. The van der Waals surface area contributed by atoms with E-state index in [4.69, 9.17) is 0 Å². The monoisotopic (exact) mass is 263 g/mol. The van der Waals surface area contributed by atoms with Gasteiger partial charge in [0.25, 0.3) is 0 Å². The fraction of sp³-hybridized carbons (Fsp3) is 0.429. The van der Waals surface area contributed by atoms with Gasteiger partial charge in [-0.25, -0.2) is 0 Å². The van der Waals surface area contributed by atoms with Crippen LogP contribution in [0.4, 0.5) is 0 Å². The molecule has 1 aromatic carbocycles. The van der Waals surface area contributed by atoms with Crippen molar-refractivity contribution in [3.63, 3.8) is 0 Å². The molecular formula is C14H17NO2S. The molecule has 0 aromatic heterocycles. The van der Waals surface area contributed by atoms with E-state index >= 15 is 0 Å². The van der Waals surface area contributed by atoms with Gasteiger partial charge in [0.05, 0.1) is 5.25 Å². The van der Waals surface area contributed by atoms with E-state index in [0.717, 1.165) is 17.7 Å². The number of hydrogen-bond donors (Lipinski definition) is 0. The highest BCUT2D eigenvalue weighted by Gasteiger charge is 2.38. The SMILES string of the molecule is CCCCN1C(=O)CC(Sc2ccccc2)C1=O. The van der Waals surface area contributed by atoms with Gasteiger partial charge in [-0.05, 0) is 18.6 Å². The Hall–Kier alpha value is -1.29. The van der Waals surface area contributed by atoms with Crippen LogP contribution >= 0.6 is 11.8 Å². The van der Waals surface area contributed by atoms with Crippen LogP contribution in [0.5, 0.6) is 0 Å². The second kappa shape index (κ2) is 6.05. The van der Waals surface area contributed by atoms with E-state index < -0.39 is 0 Å². The van der Waals surface area contributed by atoms with Crippen LogP contribution in [0, 0.1) is 0 Å². The lowest BCUT2D eigenvalue weighted by Gasteiger charge is -2.13. The van der Waals surface area contributed by atoms with Gasteiger partial charge in [0.2, 0.25) is 11.8 Å². The molecule has 1 fully saturated rings. The van der Waals surface area contributed by atoms with Crippen molar-refractivity contribution >= 4 is 23.6 Å². The molecule has 2 rings (SSSR count). The molecule has 96 valence electrons. The molecule has 1 saturated heterocycles. The minimum Gasteiger partial charge on any atom is -0.282 e. The summed E-state index contributed by atoms with van der Waals surface area (Å²) in [5.74, 6) is -0.0517. The Labute approximate surface area is 112 Å². The van der Waals surface area contributed by atoms with E-state index in [2.05, 4.69) is 6.92 Å². The van der Waals surface area contributed by atoms with Crippen LogP contribution in [0.25, 0.3) is 0 Å². The molecule has 1 heterocycles. The molecule has 0 N–H and O–H groups in total. The molecule has 0 spiro atoms. The quantitative estimate of drug-likeness (QED) is 0.767. The Balaban J connectivity index is 1.99. The van der Waals surface area contributed by atoms with Crippen molar-refractivity contribution in [3.8, 4) is 0 Å². The highest BCUT2D eigenvalue weighted by molar-refractivity contribution is 8.00. The van der Waals surface area contributed by atoms with Crippen LogP contribution in [-0.4, -0.2) is 28.5 Å². The van der Waals surface area contributed by atoms with Crippen molar-refractivity contribution in [1.29, 1.82) is 0 Å². The first-order chi connectivity index (χ1) is 8.72. The molecule has 0 bridgehead atoms. The van der Waals surface area contributed by atoms with Gasteiger partial charge >= 0.3 is 0 Å². The molecule has 2 amide bonds. The van der Waals surface area contributed by atoms with Gasteiger partial charge < -0.3 is 0 Å². The third-order valence-corrected chi connectivity index (χ3v) is 4.16. The molecule has 3 nitrogen and oxygen atoms in total. The molecule has 1 aromatic rings. The molecular weight excluding hydrogens is 246 g/mol. The Morgan fingerprint density at radius 2 is 2.00 bits per heavy atom. The van der Waals surface area contributed by atoms with Crippen molar-refractivity contribution in [2.45, 2.75) is 36.3 Å². The fourth-order valence-electron chi connectivity index (χ4n) is 1.96. The maximum absolute atomic E-state index is 12.1. The van der Waals surface area contributed by atoms with Crippen LogP contribution in [0.15, 0.2) is 35.2 Å². The van der Waals surface area contributed by atoms with Crippen molar-refractivity contribution < 1.29 is 9.59 Å². The van der Waals surface area contributed by atoms with Crippen LogP contribution in [0.2, 0.25) is 0 Å². The van der Waals surface area contributed by atoms with Gasteiger partial charge in [-0.15, -0.1) is 11.8 Å². The summed E-state index contributed by atoms with van der Waals surface area (Å²) in [5, 5.41) is -0.239. The molecule has 1 aliphatic heterocycles. The minimum absolute atomic E-state index is 0.0256. The summed E-state index contributed by atoms with van der Waals surface area (Å²) in [5.41, 5.74) is 0. The third kappa shape index (κ3) is 2.93. The average molecular weight is 263 g/mol. The van der Waals surface area contributed by atoms with Crippen LogP contribution < -0.4 is 0 Å². The van der Waals surface area contributed by atoms with Crippen molar-refractivity contribution in [2.24, 2.45) is 0 Å². The standard InChI is InChI=1S/C14H17NO2S/c1-2-3-9-15-13(16)10-12(14(15)17)18-11-7-5-4-6-8-11/h4-8,12H,2-3,9-10H2,1H3. The Bertz CT molecular complexity index is 433. The van der Waals surface area contributed by atoms with E-state index in [1.165, 1.54) is 16.7 Å². The summed E-state index contributed by atoms with van der Waals surface area (Å²) in [7, 11) is 0.